The van der Waals surface area contributed by atoms with Gasteiger partial charge in [0, 0.05) is 24.5 Å². The molecule has 0 atom stereocenters. The second-order valence-electron chi connectivity index (χ2n) is 4.69. The molecular formula is C17H22N2. The Morgan fingerprint density at radius 2 is 1.58 bits per heavy atom. The standard InChI is InChI=1S/C17H22N2/c1-4-19(16-11-7-5-9-14(16)2)17-12-8-6-10-15(17)13-18-3/h5-12,18H,4,13H2,1-3H3. The van der Waals surface area contributed by atoms with Crippen LogP contribution in [0.4, 0.5) is 11.4 Å². The molecule has 0 amide bonds. The summed E-state index contributed by atoms with van der Waals surface area (Å²) in [6.07, 6.45) is 0. The molecule has 0 bridgehead atoms. The van der Waals surface area contributed by atoms with Crippen LogP contribution >= 0.6 is 0 Å². The molecule has 0 aromatic heterocycles. The molecule has 0 fully saturated rings. The Labute approximate surface area is 116 Å². The largest absolute Gasteiger partial charge is 0.341 e. The Morgan fingerprint density at radius 1 is 0.947 bits per heavy atom. The molecule has 0 saturated carbocycles. The third-order valence-corrected chi connectivity index (χ3v) is 3.37. The highest BCUT2D eigenvalue weighted by molar-refractivity contribution is 5.68. The lowest BCUT2D eigenvalue weighted by Crippen LogP contribution is -2.20. The van der Waals surface area contributed by atoms with Gasteiger partial charge in [-0.15, -0.1) is 0 Å². The summed E-state index contributed by atoms with van der Waals surface area (Å²) in [5, 5.41) is 3.24. The van der Waals surface area contributed by atoms with Gasteiger partial charge in [0.15, 0.2) is 0 Å². The Bertz CT molecular complexity index is 534. The van der Waals surface area contributed by atoms with Gasteiger partial charge in [0.05, 0.1) is 0 Å². The van der Waals surface area contributed by atoms with Crippen molar-refractivity contribution in [1.82, 2.24) is 5.32 Å². The third kappa shape index (κ3) is 2.96. The van der Waals surface area contributed by atoms with E-state index in [9.17, 15) is 0 Å². The first kappa shape index (κ1) is 13.6. The fourth-order valence-electron chi connectivity index (χ4n) is 2.45. The molecule has 0 aliphatic rings. The summed E-state index contributed by atoms with van der Waals surface area (Å²) >= 11 is 0. The highest BCUT2D eigenvalue weighted by Crippen LogP contribution is 2.30. The van der Waals surface area contributed by atoms with E-state index in [2.05, 4.69) is 72.6 Å². The quantitative estimate of drug-likeness (QED) is 0.871. The molecule has 100 valence electrons. The topological polar surface area (TPSA) is 15.3 Å². The van der Waals surface area contributed by atoms with E-state index in [0.717, 1.165) is 13.1 Å². The summed E-state index contributed by atoms with van der Waals surface area (Å²) in [5.74, 6) is 0. The molecule has 0 saturated heterocycles. The molecule has 0 unspecified atom stereocenters. The van der Waals surface area contributed by atoms with E-state index < -0.39 is 0 Å². The molecule has 0 radical (unpaired) electrons. The predicted octanol–water partition coefficient (Wildman–Crippen LogP) is 3.87. The van der Waals surface area contributed by atoms with Gasteiger partial charge >= 0.3 is 0 Å². The Morgan fingerprint density at radius 3 is 2.21 bits per heavy atom. The first-order chi connectivity index (χ1) is 9.27. The molecule has 2 heteroatoms. The first-order valence-electron chi connectivity index (χ1n) is 6.83. The zero-order valence-corrected chi connectivity index (χ0v) is 12.0. The second kappa shape index (κ2) is 6.39. The van der Waals surface area contributed by atoms with Gasteiger partial charge in [-0.3, -0.25) is 0 Å². The SMILES string of the molecule is CCN(c1ccccc1C)c1ccccc1CNC. The van der Waals surface area contributed by atoms with E-state index in [-0.39, 0.29) is 0 Å². The van der Waals surface area contributed by atoms with Gasteiger partial charge in [0.2, 0.25) is 0 Å². The van der Waals surface area contributed by atoms with Crippen LogP contribution in [0.15, 0.2) is 48.5 Å². The van der Waals surface area contributed by atoms with Crippen molar-refractivity contribution in [3.05, 3.63) is 59.7 Å². The van der Waals surface area contributed by atoms with Crippen LogP contribution in [0.25, 0.3) is 0 Å². The Kier molecular flexibility index (Phi) is 4.58. The van der Waals surface area contributed by atoms with E-state index in [1.54, 1.807) is 0 Å². The minimum Gasteiger partial charge on any atom is -0.341 e. The summed E-state index contributed by atoms with van der Waals surface area (Å²) in [4.78, 5) is 2.38. The summed E-state index contributed by atoms with van der Waals surface area (Å²) in [6, 6.07) is 17.1. The van der Waals surface area contributed by atoms with Crippen LogP contribution in [0.1, 0.15) is 18.1 Å². The van der Waals surface area contributed by atoms with Crippen molar-refractivity contribution >= 4 is 11.4 Å². The van der Waals surface area contributed by atoms with E-state index in [1.165, 1.54) is 22.5 Å². The van der Waals surface area contributed by atoms with Crippen molar-refractivity contribution in [1.29, 1.82) is 0 Å². The van der Waals surface area contributed by atoms with E-state index in [4.69, 9.17) is 0 Å². The summed E-state index contributed by atoms with van der Waals surface area (Å²) < 4.78 is 0. The number of rotatable bonds is 5. The smallest absolute Gasteiger partial charge is 0.0456 e. The van der Waals surface area contributed by atoms with Gasteiger partial charge in [-0.05, 0) is 44.2 Å². The van der Waals surface area contributed by atoms with E-state index in [1.807, 2.05) is 7.05 Å². The lowest BCUT2D eigenvalue weighted by atomic mass is 10.1. The van der Waals surface area contributed by atoms with Gasteiger partial charge < -0.3 is 10.2 Å². The van der Waals surface area contributed by atoms with Crippen LogP contribution in [0.2, 0.25) is 0 Å². The second-order valence-corrected chi connectivity index (χ2v) is 4.69. The highest BCUT2D eigenvalue weighted by atomic mass is 15.1. The number of nitrogens with one attached hydrogen (secondary N) is 1. The van der Waals surface area contributed by atoms with Crippen molar-refractivity contribution < 1.29 is 0 Å². The molecule has 2 aromatic rings. The summed E-state index contributed by atoms with van der Waals surface area (Å²) in [6.45, 7) is 6.21. The fraction of sp³-hybridized carbons (Fsp3) is 0.294. The first-order valence-corrected chi connectivity index (χ1v) is 6.83. The molecule has 2 aromatic carbocycles. The van der Waals surface area contributed by atoms with Crippen LogP contribution in [0.5, 0.6) is 0 Å². The fourth-order valence-corrected chi connectivity index (χ4v) is 2.45. The minimum atomic E-state index is 0.887. The van der Waals surface area contributed by atoms with Crippen molar-refractivity contribution in [2.75, 3.05) is 18.5 Å². The average Bonchev–Trinajstić information content (AvgIpc) is 2.44. The number of benzene rings is 2. The maximum Gasteiger partial charge on any atom is 0.0456 e. The number of nitrogens with zero attached hydrogens (tertiary/aromatic N) is 1. The van der Waals surface area contributed by atoms with Gasteiger partial charge in [0.1, 0.15) is 0 Å². The van der Waals surface area contributed by atoms with Crippen LogP contribution in [-0.4, -0.2) is 13.6 Å². The van der Waals surface area contributed by atoms with Crippen LogP contribution in [0.3, 0.4) is 0 Å². The minimum absolute atomic E-state index is 0.887. The van der Waals surface area contributed by atoms with Gasteiger partial charge in [-0.1, -0.05) is 36.4 Å². The van der Waals surface area contributed by atoms with Crippen LogP contribution in [-0.2, 0) is 6.54 Å². The Balaban J connectivity index is 2.45. The summed E-state index contributed by atoms with van der Waals surface area (Å²) in [5.41, 5.74) is 5.21. The van der Waals surface area contributed by atoms with Gasteiger partial charge in [-0.25, -0.2) is 0 Å². The van der Waals surface area contributed by atoms with E-state index in [0.29, 0.717) is 0 Å². The van der Waals surface area contributed by atoms with Crippen LogP contribution < -0.4 is 10.2 Å². The van der Waals surface area contributed by atoms with Crippen molar-refractivity contribution in [3.8, 4) is 0 Å². The lowest BCUT2D eigenvalue weighted by molar-refractivity contribution is 0.812. The zero-order chi connectivity index (χ0) is 13.7. The molecular weight excluding hydrogens is 232 g/mol. The molecule has 0 heterocycles. The van der Waals surface area contributed by atoms with E-state index >= 15 is 0 Å². The molecule has 19 heavy (non-hydrogen) atoms. The predicted molar refractivity (Wildman–Crippen MR) is 83.1 cm³/mol. The monoisotopic (exact) mass is 254 g/mol. The number of anilines is 2. The van der Waals surface area contributed by atoms with Crippen LogP contribution in [0, 0.1) is 6.92 Å². The maximum absolute atomic E-state index is 3.24. The zero-order valence-electron chi connectivity index (χ0n) is 12.0. The molecule has 2 nitrogen and oxygen atoms in total. The normalized spacial score (nSPS) is 10.5. The molecule has 2 rings (SSSR count). The Hall–Kier alpha value is -1.80. The molecule has 0 spiro atoms. The molecule has 0 aliphatic heterocycles. The highest BCUT2D eigenvalue weighted by Gasteiger charge is 2.12. The van der Waals surface area contributed by atoms with Crippen molar-refractivity contribution in [2.24, 2.45) is 0 Å². The maximum atomic E-state index is 3.24. The third-order valence-electron chi connectivity index (χ3n) is 3.37. The average molecular weight is 254 g/mol. The van der Waals surface area contributed by atoms with Crippen molar-refractivity contribution in [2.45, 2.75) is 20.4 Å². The summed E-state index contributed by atoms with van der Waals surface area (Å²) in [7, 11) is 1.99. The lowest BCUT2D eigenvalue weighted by Gasteiger charge is -2.27. The number of aryl methyl sites for hydroxylation is 1. The number of hydrogen-bond acceptors (Lipinski definition) is 2. The van der Waals surface area contributed by atoms with Gasteiger partial charge in [-0.2, -0.15) is 0 Å². The van der Waals surface area contributed by atoms with Crippen molar-refractivity contribution in [3.63, 3.8) is 0 Å². The molecule has 1 N–H and O–H groups in total. The van der Waals surface area contributed by atoms with Gasteiger partial charge in [0.25, 0.3) is 0 Å². The molecule has 0 aliphatic carbocycles. The number of hydrogen-bond donors (Lipinski definition) is 1. The number of para-hydroxylation sites is 2.